The Hall–Kier alpha value is 0.580. The van der Waals surface area contributed by atoms with Gasteiger partial charge in [-0.2, -0.15) is 0 Å². The summed E-state index contributed by atoms with van der Waals surface area (Å²) >= 11 is 2.19. The number of nitrogens with zero attached hydrogens (tertiary/aromatic N) is 1. The van der Waals surface area contributed by atoms with Gasteiger partial charge in [0, 0.05) is 47.9 Å². The van der Waals surface area contributed by atoms with Crippen LogP contribution in [0.3, 0.4) is 0 Å². The van der Waals surface area contributed by atoms with E-state index in [0.29, 0.717) is 13.0 Å². The average Bonchev–Trinajstić information content (AvgIpc) is 2.16. The Bertz CT molecular complexity index is 162. The summed E-state index contributed by atoms with van der Waals surface area (Å²) in [5.41, 5.74) is 4.74. The van der Waals surface area contributed by atoms with Crippen molar-refractivity contribution in [1.29, 1.82) is 0 Å². The molecule has 1 aliphatic heterocycles. The lowest BCUT2D eigenvalue weighted by Gasteiger charge is -2.16. The van der Waals surface area contributed by atoms with Crippen LogP contribution < -0.4 is 5.73 Å². The lowest BCUT2D eigenvalue weighted by atomic mass is 9.97. The number of hydrogen-bond donors (Lipinski definition) is 1. The van der Waals surface area contributed by atoms with Gasteiger partial charge < -0.3 is 5.73 Å². The van der Waals surface area contributed by atoms with Crippen molar-refractivity contribution in [3.8, 4) is 0 Å². The van der Waals surface area contributed by atoms with Crippen molar-refractivity contribution in [3.05, 3.63) is 0 Å². The van der Waals surface area contributed by atoms with E-state index in [0.717, 1.165) is 13.0 Å². The Kier molecular flexibility index (Phi) is 1.89. The predicted octanol–water partition coefficient (Wildman–Crippen LogP) is 1.10. The molecule has 2 nitrogen and oxygen atoms in total. The molecule has 0 aromatic heterocycles. The maximum atomic E-state index is 13.9. The zero-order valence-corrected chi connectivity index (χ0v) is 8.42. The Balaban J connectivity index is 2.13. The molecule has 1 saturated carbocycles. The fraction of sp³-hybridized carbons (Fsp3) is 1.00. The van der Waals surface area contributed by atoms with Gasteiger partial charge in [-0.1, -0.05) is 0 Å². The van der Waals surface area contributed by atoms with Crippen molar-refractivity contribution in [2.45, 2.75) is 24.6 Å². The van der Waals surface area contributed by atoms with Crippen LogP contribution in [-0.2, 0) is 0 Å². The molecule has 4 heteroatoms. The molecule has 0 aromatic carbocycles. The minimum absolute atomic E-state index is 0.107. The highest BCUT2D eigenvalue weighted by atomic mass is 127. The standard InChI is InChI=1S/C7H12FIN2/c8-7-2-6(10)1-5(7)3-11(9)4-7/h5-6H,1-4,10H2. The minimum Gasteiger partial charge on any atom is -0.328 e. The van der Waals surface area contributed by atoms with Crippen molar-refractivity contribution < 1.29 is 4.39 Å². The fourth-order valence-corrected chi connectivity index (χ4v) is 3.33. The van der Waals surface area contributed by atoms with Crippen molar-refractivity contribution in [1.82, 2.24) is 3.11 Å². The molecule has 11 heavy (non-hydrogen) atoms. The third kappa shape index (κ3) is 1.29. The van der Waals surface area contributed by atoms with Crippen LogP contribution in [0.15, 0.2) is 0 Å². The van der Waals surface area contributed by atoms with Crippen LogP contribution in [0.2, 0.25) is 0 Å². The molecule has 2 N–H and O–H groups in total. The van der Waals surface area contributed by atoms with Crippen molar-refractivity contribution >= 4 is 22.9 Å². The molecule has 1 aliphatic carbocycles. The molecular weight excluding hydrogens is 258 g/mol. The molecule has 3 atom stereocenters. The molecule has 1 saturated heterocycles. The number of nitrogens with two attached hydrogens (primary N) is 1. The van der Waals surface area contributed by atoms with Gasteiger partial charge in [-0.3, -0.25) is 0 Å². The first kappa shape index (κ1) is 8.19. The number of hydrogen-bond acceptors (Lipinski definition) is 2. The highest BCUT2D eigenvalue weighted by Gasteiger charge is 2.52. The average molecular weight is 270 g/mol. The molecule has 1 heterocycles. The predicted molar refractivity (Wildman–Crippen MR) is 50.1 cm³/mol. The van der Waals surface area contributed by atoms with E-state index in [1.165, 1.54) is 0 Å². The number of alkyl halides is 1. The van der Waals surface area contributed by atoms with Crippen molar-refractivity contribution in [2.75, 3.05) is 13.1 Å². The molecular formula is C7H12FIN2. The maximum Gasteiger partial charge on any atom is 0.130 e. The summed E-state index contributed by atoms with van der Waals surface area (Å²) < 4.78 is 15.9. The molecule has 0 bridgehead atoms. The van der Waals surface area contributed by atoms with Gasteiger partial charge in [0.25, 0.3) is 0 Å². The minimum atomic E-state index is -0.958. The van der Waals surface area contributed by atoms with Gasteiger partial charge in [-0.25, -0.2) is 7.50 Å². The molecule has 0 amide bonds. The van der Waals surface area contributed by atoms with Gasteiger partial charge in [0.05, 0.1) is 0 Å². The van der Waals surface area contributed by atoms with Gasteiger partial charge in [0.2, 0.25) is 0 Å². The molecule has 0 aromatic rings. The zero-order chi connectivity index (χ0) is 8.06. The largest absolute Gasteiger partial charge is 0.328 e. The molecule has 0 radical (unpaired) electrons. The summed E-state index contributed by atoms with van der Waals surface area (Å²) in [4.78, 5) is 0. The summed E-state index contributed by atoms with van der Waals surface area (Å²) in [5.74, 6) is 0.203. The Morgan fingerprint density at radius 1 is 1.64 bits per heavy atom. The van der Waals surface area contributed by atoms with Crippen LogP contribution in [-0.4, -0.2) is 27.9 Å². The van der Waals surface area contributed by atoms with E-state index in [1.54, 1.807) is 0 Å². The maximum absolute atomic E-state index is 13.9. The quantitative estimate of drug-likeness (QED) is 0.527. The van der Waals surface area contributed by atoms with Crippen LogP contribution in [0.5, 0.6) is 0 Å². The van der Waals surface area contributed by atoms with Gasteiger partial charge in [-0.15, -0.1) is 0 Å². The Morgan fingerprint density at radius 3 is 3.00 bits per heavy atom. The summed E-state index contributed by atoms with van der Waals surface area (Å²) in [7, 11) is 0. The first-order valence-corrected chi connectivity index (χ1v) is 4.92. The number of rotatable bonds is 0. The highest BCUT2D eigenvalue weighted by molar-refractivity contribution is 14.1. The van der Waals surface area contributed by atoms with Crippen LogP contribution in [0.1, 0.15) is 12.8 Å². The van der Waals surface area contributed by atoms with E-state index >= 15 is 0 Å². The second-order valence-electron chi connectivity index (χ2n) is 3.73. The van der Waals surface area contributed by atoms with E-state index < -0.39 is 5.67 Å². The number of fused-ring (bicyclic) bond motifs is 1. The van der Waals surface area contributed by atoms with Crippen molar-refractivity contribution in [3.63, 3.8) is 0 Å². The Morgan fingerprint density at radius 2 is 2.36 bits per heavy atom. The van der Waals surface area contributed by atoms with Gasteiger partial charge in [0.15, 0.2) is 0 Å². The molecule has 2 fully saturated rings. The zero-order valence-electron chi connectivity index (χ0n) is 6.26. The molecule has 2 aliphatic rings. The lowest BCUT2D eigenvalue weighted by molar-refractivity contribution is 0.154. The smallest absolute Gasteiger partial charge is 0.130 e. The van der Waals surface area contributed by atoms with Crippen LogP contribution in [0, 0.1) is 5.92 Å². The highest BCUT2D eigenvalue weighted by Crippen LogP contribution is 2.44. The lowest BCUT2D eigenvalue weighted by Crippen LogP contribution is -2.29. The van der Waals surface area contributed by atoms with E-state index in [-0.39, 0.29) is 12.0 Å². The molecule has 64 valence electrons. The van der Waals surface area contributed by atoms with E-state index in [1.807, 2.05) is 3.11 Å². The van der Waals surface area contributed by atoms with Crippen molar-refractivity contribution in [2.24, 2.45) is 11.7 Å². The van der Waals surface area contributed by atoms with Gasteiger partial charge in [-0.05, 0) is 12.8 Å². The molecule has 2 rings (SSSR count). The van der Waals surface area contributed by atoms with Gasteiger partial charge in [0.1, 0.15) is 5.67 Å². The normalized spacial score (nSPS) is 51.5. The summed E-state index contributed by atoms with van der Waals surface area (Å²) in [6, 6.07) is 0.107. The van der Waals surface area contributed by atoms with Crippen LogP contribution in [0.25, 0.3) is 0 Å². The third-order valence-electron chi connectivity index (χ3n) is 2.77. The summed E-state index contributed by atoms with van der Waals surface area (Å²) in [6.07, 6.45) is 1.44. The SMILES string of the molecule is NC1CC2CN(I)CC2(F)C1. The van der Waals surface area contributed by atoms with Crippen LogP contribution in [0.4, 0.5) is 4.39 Å². The summed E-state index contributed by atoms with van der Waals surface area (Å²) in [6.45, 7) is 1.46. The van der Waals surface area contributed by atoms with E-state index in [4.69, 9.17) is 5.73 Å². The van der Waals surface area contributed by atoms with Gasteiger partial charge >= 0.3 is 0 Å². The number of halogens is 2. The van der Waals surface area contributed by atoms with Crippen LogP contribution >= 0.6 is 22.9 Å². The second-order valence-corrected chi connectivity index (χ2v) is 5.10. The summed E-state index contributed by atoms with van der Waals surface area (Å²) in [5, 5.41) is 0. The monoisotopic (exact) mass is 270 g/mol. The topological polar surface area (TPSA) is 29.3 Å². The first-order valence-electron chi connectivity index (χ1n) is 3.95. The third-order valence-corrected chi connectivity index (χ3v) is 3.51. The Labute approximate surface area is 79.8 Å². The van der Waals surface area contributed by atoms with E-state index in [2.05, 4.69) is 22.9 Å². The second kappa shape index (κ2) is 2.53. The fourth-order valence-electron chi connectivity index (χ4n) is 2.28. The molecule has 3 unspecified atom stereocenters. The first-order chi connectivity index (χ1) is 5.10. The molecule has 0 spiro atoms. The van der Waals surface area contributed by atoms with E-state index in [9.17, 15) is 4.39 Å².